The first kappa shape index (κ1) is 16.8. The van der Waals surface area contributed by atoms with Gasteiger partial charge in [0.15, 0.2) is 0 Å². The lowest BCUT2D eigenvalue weighted by Crippen LogP contribution is -2.21. The molecule has 0 amide bonds. The maximum atomic E-state index is 13.5. The van der Waals surface area contributed by atoms with Gasteiger partial charge in [0.1, 0.15) is 11.6 Å². The summed E-state index contributed by atoms with van der Waals surface area (Å²) in [4.78, 5) is 17.3. The monoisotopic (exact) mass is 360 g/mol. The number of allylic oxidation sites excluding steroid dienone is 2. The molecule has 0 fully saturated rings. The van der Waals surface area contributed by atoms with E-state index in [0.717, 1.165) is 0 Å². The summed E-state index contributed by atoms with van der Waals surface area (Å²) in [7, 11) is 0. The molecule has 27 heavy (non-hydrogen) atoms. The van der Waals surface area contributed by atoms with Gasteiger partial charge in [-0.25, -0.2) is 13.8 Å². The molecule has 3 aromatic carbocycles. The van der Waals surface area contributed by atoms with Gasteiger partial charge in [-0.15, -0.1) is 0 Å². The van der Waals surface area contributed by atoms with Crippen LogP contribution in [0.3, 0.4) is 0 Å². The van der Waals surface area contributed by atoms with Gasteiger partial charge in [-0.1, -0.05) is 36.4 Å². The lowest BCUT2D eigenvalue weighted by molar-refractivity contribution is 0.103. The van der Waals surface area contributed by atoms with Gasteiger partial charge in [0.2, 0.25) is 5.78 Å². The molecule has 5 heteroatoms. The summed E-state index contributed by atoms with van der Waals surface area (Å²) in [6, 6.07) is 18.9. The van der Waals surface area contributed by atoms with Gasteiger partial charge >= 0.3 is 0 Å². The molecule has 0 bridgehead atoms. The molecule has 0 radical (unpaired) electrons. The van der Waals surface area contributed by atoms with Gasteiger partial charge in [0, 0.05) is 16.8 Å². The zero-order chi connectivity index (χ0) is 18.8. The van der Waals surface area contributed by atoms with Crippen LogP contribution < -0.4 is 5.32 Å². The van der Waals surface area contributed by atoms with Crippen molar-refractivity contribution in [2.24, 2.45) is 4.99 Å². The predicted molar refractivity (Wildman–Crippen MR) is 101 cm³/mol. The van der Waals surface area contributed by atoms with E-state index in [0.29, 0.717) is 28.2 Å². The molecule has 0 unspecified atom stereocenters. The number of benzene rings is 3. The summed E-state index contributed by atoms with van der Waals surface area (Å²) >= 11 is 0. The minimum absolute atomic E-state index is 0.215. The maximum Gasteiger partial charge on any atom is 0.209 e. The van der Waals surface area contributed by atoms with Crippen LogP contribution >= 0.6 is 0 Å². The van der Waals surface area contributed by atoms with Crippen LogP contribution in [0.2, 0.25) is 0 Å². The Balaban J connectivity index is 1.80. The van der Waals surface area contributed by atoms with Crippen molar-refractivity contribution < 1.29 is 13.6 Å². The van der Waals surface area contributed by atoms with E-state index in [9.17, 15) is 13.6 Å². The number of aliphatic imine (C=N–C) groups is 1. The number of anilines is 1. The summed E-state index contributed by atoms with van der Waals surface area (Å²) in [5.41, 5.74) is 2.84. The number of nitrogens with one attached hydrogen (secondary N) is 1. The van der Waals surface area contributed by atoms with Crippen LogP contribution in [0.25, 0.3) is 0 Å². The largest absolute Gasteiger partial charge is 0.352 e. The molecule has 0 saturated carbocycles. The van der Waals surface area contributed by atoms with Crippen molar-refractivity contribution >= 4 is 22.9 Å². The average Bonchev–Trinajstić information content (AvgIpc) is 2.66. The molecule has 0 saturated heterocycles. The second kappa shape index (κ2) is 6.96. The lowest BCUT2D eigenvalue weighted by atomic mass is 9.92. The van der Waals surface area contributed by atoms with Crippen molar-refractivity contribution in [3.05, 3.63) is 107 Å². The van der Waals surface area contributed by atoms with E-state index in [1.165, 1.54) is 24.3 Å². The van der Waals surface area contributed by atoms with Crippen LogP contribution in [-0.2, 0) is 0 Å². The number of ketones is 1. The standard InChI is InChI=1S/C22H14F2N2O/c23-14-5-3-7-16(11-14)25-20-13-21(26-17-8-4-6-15(24)12-17)22(27)19-10-2-1-9-18(19)20/h1-13,26H. The minimum atomic E-state index is -0.405. The van der Waals surface area contributed by atoms with Gasteiger partial charge in [0.25, 0.3) is 0 Å². The average molecular weight is 360 g/mol. The highest BCUT2D eigenvalue weighted by molar-refractivity contribution is 6.27. The summed E-state index contributed by atoms with van der Waals surface area (Å²) in [6.45, 7) is 0. The van der Waals surface area contributed by atoms with Crippen molar-refractivity contribution in [2.45, 2.75) is 0 Å². The van der Waals surface area contributed by atoms with E-state index in [1.807, 2.05) is 6.07 Å². The lowest BCUT2D eigenvalue weighted by Gasteiger charge is -2.19. The molecular formula is C22H14F2N2O. The van der Waals surface area contributed by atoms with Crippen LogP contribution in [0.15, 0.2) is 89.6 Å². The fraction of sp³-hybridized carbons (Fsp3) is 0. The molecule has 132 valence electrons. The summed E-state index contributed by atoms with van der Waals surface area (Å²) in [5, 5.41) is 2.96. The summed E-state index contributed by atoms with van der Waals surface area (Å²) in [6.07, 6.45) is 1.60. The number of hydrogen-bond donors (Lipinski definition) is 1. The Morgan fingerprint density at radius 2 is 1.48 bits per heavy atom. The zero-order valence-electron chi connectivity index (χ0n) is 14.1. The first-order valence-corrected chi connectivity index (χ1v) is 8.33. The van der Waals surface area contributed by atoms with Crippen LogP contribution in [0, 0.1) is 11.6 Å². The fourth-order valence-corrected chi connectivity index (χ4v) is 2.92. The normalized spacial score (nSPS) is 14.7. The van der Waals surface area contributed by atoms with Gasteiger partial charge in [-0.2, -0.15) is 0 Å². The topological polar surface area (TPSA) is 41.5 Å². The highest BCUT2D eigenvalue weighted by Crippen LogP contribution is 2.25. The highest BCUT2D eigenvalue weighted by Gasteiger charge is 2.24. The van der Waals surface area contributed by atoms with Crippen LogP contribution in [-0.4, -0.2) is 11.5 Å². The molecule has 0 heterocycles. The third kappa shape index (κ3) is 3.53. The van der Waals surface area contributed by atoms with E-state index in [-0.39, 0.29) is 17.3 Å². The molecule has 1 N–H and O–H groups in total. The number of nitrogens with zero attached hydrogens (tertiary/aromatic N) is 1. The summed E-state index contributed by atoms with van der Waals surface area (Å²) in [5.74, 6) is -1.01. The van der Waals surface area contributed by atoms with E-state index in [4.69, 9.17) is 0 Å². The Labute approximate surface area is 154 Å². The summed E-state index contributed by atoms with van der Waals surface area (Å²) < 4.78 is 27.0. The minimum Gasteiger partial charge on any atom is -0.352 e. The van der Waals surface area contributed by atoms with E-state index < -0.39 is 5.82 Å². The number of rotatable bonds is 3. The van der Waals surface area contributed by atoms with E-state index in [1.54, 1.807) is 48.5 Å². The Bertz CT molecular complexity index is 1100. The molecule has 0 aromatic heterocycles. The Hall–Kier alpha value is -3.60. The molecule has 1 aliphatic rings. The van der Waals surface area contributed by atoms with E-state index >= 15 is 0 Å². The predicted octanol–water partition coefficient (Wildman–Crippen LogP) is 5.28. The van der Waals surface area contributed by atoms with Gasteiger partial charge in [0.05, 0.1) is 17.1 Å². The Morgan fingerprint density at radius 1 is 0.778 bits per heavy atom. The van der Waals surface area contributed by atoms with Crippen LogP contribution in [0.1, 0.15) is 15.9 Å². The third-order valence-corrected chi connectivity index (χ3v) is 4.13. The number of carbonyl (C=O) groups excluding carboxylic acids is 1. The Kier molecular flexibility index (Phi) is 4.34. The molecule has 3 aromatic rings. The second-order valence-corrected chi connectivity index (χ2v) is 6.04. The van der Waals surface area contributed by atoms with Crippen LogP contribution in [0.4, 0.5) is 20.2 Å². The van der Waals surface area contributed by atoms with E-state index in [2.05, 4.69) is 10.3 Å². The molecular weight excluding hydrogens is 346 g/mol. The molecule has 1 aliphatic carbocycles. The fourth-order valence-electron chi connectivity index (χ4n) is 2.92. The SMILES string of the molecule is O=C1C(Nc2cccc(F)c2)=CC(=Nc2cccc(F)c2)c2ccccc21. The van der Waals surface area contributed by atoms with Crippen LogP contribution in [0.5, 0.6) is 0 Å². The van der Waals surface area contributed by atoms with Crippen molar-refractivity contribution in [3.63, 3.8) is 0 Å². The molecule has 0 spiro atoms. The number of halogens is 2. The second-order valence-electron chi connectivity index (χ2n) is 6.04. The molecule has 0 aliphatic heterocycles. The number of Topliss-reactive ketones (excluding diaryl/α,β-unsaturated/α-hetero) is 1. The first-order valence-electron chi connectivity index (χ1n) is 8.33. The smallest absolute Gasteiger partial charge is 0.209 e. The van der Waals surface area contributed by atoms with Crippen molar-refractivity contribution in [1.29, 1.82) is 0 Å². The molecule has 0 atom stereocenters. The molecule has 4 rings (SSSR count). The maximum absolute atomic E-state index is 13.5. The van der Waals surface area contributed by atoms with Gasteiger partial charge in [-0.05, 0) is 42.5 Å². The number of carbonyl (C=O) groups is 1. The van der Waals surface area contributed by atoms with Crippen molar-refractivity contribution in [1.82, 2.24) is 0 Å². The number of fused-ring (bicyclic) bond motifs is 1. The third-order valence-electron chi connectivity index (χ3n) is 4.13. The Morgan fingerprint density at radius 3 is 2.22 bits per heavy atom. The van der Waals surface area contributed by atoms with Crippen molar-refractivity contribution in [2.75, 3.05) is 5.32 Å². The van der Waals surface area contributed by atoms with Gasteiger partial charge in [-0.3, -0.25) is 4.79 Å². The zero-order valence-corrected chi connectivity index (χ0v) is 14.1. The first-order chi connectivity index (χ1) is 13.1. The van der Waals surface area contributed by atoms with Gasteiger partial charge < -0.3 is 5.32 Å². The molecule has 3 nitrogen and oxygen atoms in total. The quantitative estimate of drug-likeness (QED) is 0.691. The van der Waals surface area contributed by atoms with Crippen molar-refractivity contribution in [3.8, 4) is 0 Å². The number of hydrogen-bond acceptors (Lipinski definition) is 3. The highest BCUT2D eigenvalue weighted by atomic mass is 19.1.